The third kappa shape index (κ3) is 3.88. The number of nitrogens with zero attached hydrogens (tertiary/aromatic N) is 3. The van der Waals surface area contributed by atoms with Gasteiger partial charge in [0.1, 0.15) is 5.65 Å². The Morgan fingerprint density at radius 1 is 1.07 bits per heavy atom. The first-order valence-corrected chi connectivity index (χ1v) is 10.1. The minimum atomic E-state index is -0.207. The van der Waals surface area contributed by atoms with Crippen LogP contribution >= 0.6 is 0 Å². The van der Waals surface area contributed by atoms with Crippen LogP contribution in [0.25, 0.3) is 5.65 Å². The number of rotatable bonds is 5. The van der Waals surface area contributed by atoms with E-state index in [1.165, 1.54) is 12.5 Å². The van der Waals surface area contributed by atoms with Crippen LogP contribution in [0.5, 0.6) is 0 Å². The molecule has 0 unspecified atom stereocenters. The van der Waals surface area contributed by atoms with Gasteiger partial charge in [-0.2, -0.15) is 0 Å². The number of aromatic nitrogens is 2. The average Bonchev–Trinajstić information content (AvgIpc) is 3.19. The molecule has 6 heteroatoms. The molecule has 6 nitrogen and oxygen atoms in total. The number of benzene rings is 1. The lowest BCUT2D eigenvalue weighted by Crippen LogP contribution is -2.46. The normalized spacial score (nSPS) is 16.0. The summed E-state index contributed by atoms with van der Waals surface area (Å²) in [4.78, 5) is 30.4. The van der Waals surface area contributed by atoms with E-state index in [9.17, 15) is 9.59 Å². The Hall–Kier alpha value is -3.15. The molecule has 150 valence electrons. The van der Waals surface area contributed by atoms with Crippen LogP contribution in [-0.4, -0.2) is 45.7 Å². The minimum absolute atomic E-state index is 0.0930. The van der Waals surface area contributed by atoms with E-state index in [0.717, 1.165) is 24.2 Å². The highest BCUT2D eigenvalue weighted by Crippen LogP contribution is 2.41. The fourth-order valence-electron chi connectivity index (χ4n) is 4.26. The van der Waals surface area contributed by atoms with Gasteiger partial charge in [0, 0.05) is 50.8 Å². The zero-order valence-electron chi connectivity index (χ0n) is 16.7. The average molecular weight is 390 g/mol. The largest absolute Gasteiger partial charge is 0.356 e. The second-order valence-electron chi connectivity index (χ2n) is 7.65. The maximum absolute atomic E-state index is 12.6. The van der Waals surface area contributed by atoms with Crippen molar-refractivity contribution in [3.8, 4) is 0 Å². The molecule has 1 aliphatic rings. The van der Waals surface area contributed by atoms with Gasteiger partial charge in [0.25, 0.3) is 0 Å². The zero-order valence-corrected chi connectivity index (χ0v) is 16.7. The summed E-state index contributed by atoms with van der Waals surface area (Å²) >= 11 is 0. The molecule has 0 radical (unpaired) electrons. The topological polar surface area (TPSA) is 66.7 Å². The summed E-state index contributed by atoms with van der Waals surface area (Å²) in [6, 6.07) is 16.5. The lowest BCUT2D eigenvalue weighted by atomic mass is 9.70. The van der Waals surface area contributed by atoms with Crippen molar-refractivity contribution in [2.24, 2.45) is 0 Å². The van der Waals surface area contributed by atoms with Gasteiger partial charge in [-0.3, -0.25) is 9.59 Å². The van der Waals surface area contributed by atoms with Crippen molar-refractivity contribution in [2.75, 3.05) is 19.6 Å². The molecular formula is C23H26N4O2. The van der Waals surface area contributed by atoms with E-state index in [-0.39, 0.29) is 17.2 Å². The van der Waals surface area contributed by atoms with Crippen molar-refractivity contribution in [1.82, 2.24) is 19.6 Å². The SMILES string of the molecule is CC(=O)NCCC(=O)N1CCC(c2ccccc2)(c2cn3ccccc3n2)CC1. The maximum atomic E-state index is 12.6. The van der Waals surface area contributed by atoms with Crippen LogP contribution in [0.1, 0.15) is 37.4 Å². The van der Waals surface area contributed by atoms with Crippen molar-refractivity contribution in [3.63, 3.8) is 0 Å². The Bertz CT molecular complexity index is 971. The lowest BCUT2D eigenvalue weighted by molar-refractivity contribution is -0.132. The number of hydrogen-bond acceptors (Lipinski definition) is 3. The van der Waals surface area contributed by atoms with Crippen LogP contribution in [-0.2, 0) is 15.0 Å². The standard InChI is InChI=1S/C23H26N4O2/c1-18(28)24-13-10-22(29)26-15-11-23(12-16-26,19-7-3-2-4-8-19)20-17-27-14-6-5-9-21(27)25-20/h2-9,14,17H,10-13,15-16H2,1H3,(H,24,28). The first kappa shape index (κ1) is 19.2. The Kier molecular flexibility index (Phi) is 5.34. The molecule has 1 aromatic carbocycles. The number of pyridine rings is 1. The van der Waals surface area contributed by atoms with Gasteiger partial charge in [0.05, 0.1) is 5.69 Å². The van der Waals surface area contributed by atoms with E-state index < -0.39 is 0 Å². The number of nitrogens with one attached hydrogen (secondary N) is 1. The summed E-state index contributed by atoms with van der Waals surface area (Å²) < 4.78 is 2.06. The summed E-state index contributed by atoms with van der Waals surface area (Å²) in [5.74, 6) is -0.0122. The van der Waals surface area contributed by atoms with Crippen LogP contribution < -0.4 is 5.32 Å². The second kappa shape index (κ2) is 8.07. The number of likely N-dealkylation sites (tertiary alicyclic amines) is 1. The third-order valence-electron chi connectivity index (χ3n) is 5.86. The number of imidazole rings is 1. The van der Waals surface area contributed by atoms with Crippen molar-refractivity contribution in [3.05, 3.63) is 72.2 Å². The van der Waals surface area contributed by atoms with E-state index in [2.05, 4.69) is 40.2 Å². The van der Waals surface area contributed by atoms with Gasteiger partial charge in [-0.1, -0.05) is 36.4 Å². The minimum Gasteiger partial charge on any atom is -0.356 e. The number of fused-ring (bicyclic) bond motifs is 1. The van der Waals surface area contributed by atoms with Gasteiger partial charge in [-0.25, -0.2) is 4.98 Å². The Labute approximate surface area is 170 Å². The third-order valence-corrected chi connectivity index (χ3v) is 5.86. The molecule has 3 aromatic rings. The van der Waals surface area contributed by atoms with Gasteiger partial charge < -0.3 is 14.6 Å². The molecular weight excluding hydrogens is 364 g/mol. The number of piperidine rings is 1. The van der Waals surface area contributed by atoms with Crippen molar-refractivity contribution in [1.29, 1.82) is 0 Å². The van der Waals surface area contributed by atoms with Gasteiger partial charge in [0.2, 0.25) is 11.8 Å². The van der Waals surface area contributed by atoms with Gasteiger partial charge in [-0.15, -0.1) is 0 Å². The molecule has 4 rings (SSSR count). The fraction of sp³-hybridized carbons (Fsp3) is 0.348. The van der Waals surface area contributed by atoms with Crippen LogP contribution in [0.2, 0.25) is 0 Å². The van der Waals surface area contributed by atoms with Gasteiger partial charge in [-0.05, 0) is 30.5 Å². The molecule has 0 spiro atoms. The molecule has 0 aliphatic carbocycles. The molecule has 1 saturated heterocycles. The van der Waals surface area contributed by atoms with Gasteiger partial charge >= 0.3 is 0 Å². The highest BCUT2D eigenvalue weighted by Gasteiger charge is 2.40. The number of carbonyl (C=O) groups excluding carboxylic acids is 2. The van der Waals surface area contributed by atoms with Crippen molar-refractivity contribution in [2.45, 2.75) is 31.6 Å². The molecule has 2 aromatic heterocycles. The summed E-state index contributed by atoms with van der Waals surface area (Å²) in [5.41, 5.74) is 3.03. The maximum Gasteiger partial charge on any atom is 0.224 e. The second-order valence-corrected chi connectivity index (χ2v) is 7.65. The van der Waals surface area contributed by atoms with Crippen LogP contribution in [0.4, 0.5) is 0 Å². The lowest BCUT2D eigenvalue weighted by Gasteiger charge is -2.41. The molecule has 1 N–H and O–H groups in total. The highest BCUT2D eigenvalue weighted by atomic mass is 16.2. The molecule has 29 heavy (non-hydrogen) atoms. The molecule has 2 amide bonds. The van der Waals surface area contributed by atoms with E-state index >= 15 is 0 Å². The molecule has 0 saturated carbocycles. The van der Waals surface area contributed by atoms with Crippen LogP contribution in [0, 0.1) is 0 Å². The predicted molar refractivity (Wildman–Crippen MR) is 112 cm³/mol. The molecule has 0 bridgehead atoms. The summed E-state index contributed by atoms with van der Waals surface area (Å²) in [6.07, 6.45) is 6.13. The first-order chi connectivity index (χ1) is 14.1. The number of amides is 2. The molecule has 0 atom stereocenters. The number of carbonyl (C=O) groups is 2. The van der Waals surface area contributed by atoms with Crippen LogP contribution in [0.3, 0.4) is 0 Å². The summed E-state index contributed by atoms with van der Waals surface area (Å²) in [6.45, 7) is 3.22. The van der Waals surface area contributed by atoms with Crippen molar-refractivity contribution < 1.29 is 9.59 Å². The molecule has 1 aliphatic heterocycles. The monoisotopic (exact) mass is 390 g/mol. The van der Waals surface area contributed by atoms with Crippen LogP contribution in [0.15, 0.2) is 60.9 Å². The molecule has 1 fully saturated rings. The Morgan fingerprint density at radius 2 is 1.79 bits per heavy atom. The quantitative estimate of drug-likeness (QED) is 0.728. The predicted octanol–water partition coefficient (Wildman–Crippen LogP) is 2.77. The summed E-state index contributed by atoms with van der Waals surface area (Å²) in [5, 5.41) is 2.70. The highest BCUT2D eigenvalue weighted by molar-refractivity contribution is 5.78. The van der Waals surface area contributed by atoms with E-state index in [1.807, 2.05) is 35.4 Å². The fourth-order valence-corrected chi connectivity index (χ4v) is 4.26. The van der Waals surface area contributed by atoms with E-state index in [4.69, 9.17) is 4.98 Å². The Balaban J connectivity index is 1.58. The van der Waals surface area contributed by atoms with E-state index in [1.54, 1.807) is 0 Å². The number of hydrogen-bond donors (Lipinski definition) is 1. The smallest absolute Gasteiger partial charge is 0.224 e. The zero-order chi connectivity index (χ0) is 20.3. The van der Waals surface area contributed by atoms with E-state index in [0.29, 0.717) is 26.1 Å². The van der Waals surface area contributed by atoms with Gasteiger partial charge in [0.15, 0.2) is 0 Å². The Morgan fingerprint density at radius 3 is 2.48 bits per heavy atom. The molecule has 3 heterocycles. The first-order valence-electron chi connectivity index (χ1n) is 10.1. The summed E-state index contributed by atoms with van der Waals surface area (Å²) in [7, 11) is 0. The van der Waals surface area contributed by atoms with Crippen molar-refractivity contribution >= 4 is 17.5 Å².